The minimum absolute atomic E-state index is 0.0905. The normalized spacial score (nSPS) is 9.92. The quantitative estimate of drug-likeness (QED) is 0.715. The van der Waals surface area contributed by atoms with Crippen LogP contribution in [0, 0.1) is 0 Å². The molecule has 1 rings (SSSR count). The number of hydrogen-bond acceptors (Lipinski definition) is 2. The fraction of sp³-hybridized carbons (Fsp3) is 0.125. The summed E-state index contributed by atoms with van der Waals surface area (Å²) < 4.78 is 0. The number of Topliss-reactive ketones (excluding diaryl/α,β-unsaturated/α-hetero) is 1. The number of rotatable bonds is 1. The largest absolute Gasteiger partial charge is 0.505 e. The van der Waals surface area contributed by atoms with Crippen LogP contribution in [0.4, 0.5) is 0 Å². The first-order chi connectivity index (χ1) is 5.52. The molecule has 0 unspecified atom stereocenters. The molecule has 0 spiro atoms. The highest BCUT2D eigenvalue weighted by Crippen LogP contribution is 2.32. The van der Waals surface area contributed by atoms with Gasteiger partial charge in [-0.2, -0.15) is 0 Å². The standard InChI is InChI=1S/C8H6Cl2O2/c1-4(11)5-2-6(9)8(12)7(10)3-5/h2-3,12H,1H3. The Bertz CT molecular complexity index is 311. The average molecular weight is 205 g/mol. The first-order valence-electron chi connectivity index (χ1n) is 3.21. The van der Waals surface area contributed by atoms with Crippen molar-refractivity contribution in [3.63, 3.8) is 0 Å². The van der Waals surface area contributed by atoms with Crippen LogP contribution in [0.25, 0.3) is 0 Å². The summed E-state index contributed by atoms with van der Waals surface area (Å²) in [5.41, 5.74) is 0.391. The second kappa shape index (κ2) is 3.33. The lowest BCUT2D eigenvalue weighted by Crippen LogP contribution is -1.91. The monoisotopic (exact) mass is 204 g/mol. The van der Waals surface area contributed by atoms with E-state index < -0.39 is 0 Å². The van der Waals surface area contributed by atoms with Gasteiger partial charge in [0.15, 0.2) is 11.5 Å². The van der Waals surface area contributed by atoms with Crippen LogP contribution in [0.1, 0.15) is 17.3 Å². The van der Waals surface area contributed by atoms with Crippen LogP contribution in [0.5, 0.6) is 5.75 Å². The maximum atomic E-state index is 10.9. The number of hydrogen-bond donors (Lipinski definition) is 1. The summed E-state index contributed by atoms with van der Waals surface area (Å²) in [5.74, 6) is -0.331. The lowest BCUT2D eigenvalue weighted by atomic mass is 10.1. The van der Waals surface area contributed by atoms with E-state index in [2.05, 4.69) is 0 Å². The second-order valence-corrected chi connectivity index (χ2v) is 3.16. The van der Waals surface area contributed by atoms with Crippen molar-refractivity contribution >= 4 is 29.0 Å². The Hall–Kier alpha value is -0.730. The fourth-order valence-electron chi connectivity index (χ4n) is 0.769. The molecule has 0 atom stereocenters. The smallest absolute Gasteiger partial charge is 0.159 e. The molecular formula is C8H6Cl2O2. The molecule has 2 nitrogen and oxygen atoms in total. The fourth-order valence-corrected chi connectivity index (χ4v) is 1.26. The zero-order chi connectivity index (χ0) is 9.30. The topological polar surface area (TPSA) is 37.3 Å². The van der Waals surface area contributed by atoms with E-state index in [9.17, 15) is 4.79 Å². The Morgan fingerprint density at radius 1 is 1.33 bits per heavy atom. The summed E-state index contributed by atoms with van der Waals surface area (Å²) in [6.07, 6.45) is 0. The number of ketones is 1. The van der Waals surface area contributed by atoms with Gasteiger partial charge in [-0.3, -0.25) is 4.79 Å². The van der Waals surface area contributed by atoms with Crippen LogP contribution in [0.15, 0.2) is 12.1 Å². The number of benzene rings is 1. The van der Waals surface area contributed by atoms with Crippen LogP contribution in [-0.2, 0) is 0 Å². The average Bonchev–Trinajstić information content (AvgIpc) is 1.99. The molecule has 0 amide bonds. The molecular weight excluding hydrogens is 199 g/mol. The summed E-state index contributed by atoms with van der Waals surface area (Å²) in [7, 11) is 0. The molecule has 1 aromatic carbocycles. The van der Waals surface area contributed by atoms with Gasteiger partial charge in [0.1, 0.15) is 0 Å². The van der Waals surface area contributed by atoms with E-state index in [0.717, 1.165) is 0 Å². The van der Waals surface area contributed by atoms with Gasteiger partial charge >= 0.3 is 0 Å². The van der Waals surface area contributed by atoms with Crippen molar-refractivity contribution in [2.24, 2.45) is 0 Å². The van der Waals surface area contributed by atoms with Crippen LogP contribution >= 0.6 is 23.2 Å². The molecule has 64 valence electrons. The van der Waals surface area contributed by atoms with Crippen LogP contribution in [-0.4, -0.2) is 10.9 Å². The number of carbonyl (C=O) groups excluding carboxylic acids is 1. The lowest BCUT2D eigenvalue weighted by Gasteiger charge is -2.01. The third-order valence-electron chi connectivity index (χ3n) is 1.42. The Morgan fingerprint density at radius 2 is 1.75 bits per heavy atom. The molecule has 0 aromatic heterocycles. The molecule has 0 saturated carbocycles. The van der Waals surface area contributed by atoms with E-state index >= 15 is 0 Å². The molecule has 0 aliphatic carbocycles. The summed E-state index contributed by atoms with van der Waals surface area (Å²) >= 11 is 11.2. The van der Waals surface area contributed by atoms with Crippen LogP contribution in [0.3, 0.4) is 0 Å². The summed E-state index contributed by atoms with van der Waals surface area (Å²) in [5, 5.41) is 9.32. The summed E-state index contributed by atoms with van der Waals surface area (Å²) in [4.78, 5) is 10.9. The Morgan fingerprint density at radius 3 is 2.08 bits per heavy atom. The Labute approximate surface area is 79.7 Å². The first-order valence-corrected chi connectivity index (χ1v) is 3.97. The van der Waals surface area contributed by atoms with E-state index in [4.69, 9.17) is 28.3 Å². The highest BCUT2D eigenvalue weighted by molar-refractivity contribution is 6.37. The van der Waals surface area contributed by atoms with Gasteiger partial charge in [0.2, 0.25) is 0 Å². The van der Waals surface area contributed by atoms with Gasteiger partial charge in [0, 0.05) is 5.56 Å². The molecule has 4 heteroatoms. The first kappa shape index (κ1) is 9.36. The SMILES string of the molecule is CC(=O)c1cc(Cl)c(O)c(Cl)c1. The molecule has 0 aliphatic heterocycles. The maximum Gasteiger partial charge on any atom is 0.159 e. The third kappa shape index (κ3) is 1.71. The van der Waals surface area contributed by atoms with E-state index in [1.807, 2.05) is 0 Å². The predicted octanol–water partition coefficient (Wildman–Crippen LogP) is 2.90. The van der Waals surface area contributed by atoms with Crippen molar-refractivity contribution in [2.45, 2.75) is 6.92 Å². The van der Waals surface area contributed by atoms with Gasteiger partial charge in [0.25, 0.3) is 0 Å². The Kier molecular flexibility index (Phi) is 2.60. The van der Waals surface area contributed by atoms with Crippen molar-refractivity contribution in [1.29, 1.82) is 0 Å². The number of phenolic OH excluding ortho intramolecular Hbond substituents is 1. The van der Waals surface area contributed by atoms with Gasteiger partial charge < -0.3 is 5.11 Å². The summed E-state index contributed by atoms with van der Waals surface area (Å²) in [6, 6.07) is 2.76. The molecule has 0 fully saturated rings. The molecule has 0 heterocycles. The van der Waals surface area contributed by atoms with Gasteiger partial charge in [-0.25, -0.2) is 0 Å². The zero-order valence-electron chi connectivity index (χ0n) is 6.27. The number of carbonyl (C=O) groups is 1. The van der Waals surface area contributed by atoms with Crippen molar-refractivity contribution in [3.05, 3.63) is 27.7 Å². The molecule has 0 aliphatic rings. The highest BCUT2D eigenvalue weighted by atomic mass is 35.5. The maximum absolute atomic E-state index is 10.9. The van der Waals surface area contributed by atoms with Gasteiger partial charge in [-0.1, -0.05) is 23.2 Å². The molecule has 1 N–H and O–H groups in total. The second-order valence-electron chi connectivity index (χ2n) is 2.34. The highest BCUT2D eigenvalue weighted by Gasteiger charge is 2.08. The minimum Gasteiger partial charge on any atom is -0.505 e. The van der Waals surface area contributed by atoms with E-state index in [1.165, 1.54) is 19.1 Å². The number of phenols is 1. The molecule has 0 bridgehead atoms. The van der Waals surface area contributed by atoms with Gasteiger partial charge in [-0.05, 0) is 19.1 Å². The van der Waals surface area contributed by atoms with Crippen molar-refractivity contribution in [1.82, 2.24) is 0 Å². The predicted molar refractivity (Wildman–Crippen MR) is 48.1 cm³/mol. The van der Waals surface area contributed by atoms with Crippen molar-refractivity contribution in [3.8, 4) is 5.75 Å². The van der Waals surface area contributed by atoms with Crippen molar-refractivity contribution < 1.29 is 9.90 Å². The van der Waals surface area contributed by atoms with Crippen molar-refractivity contribution in [2.75, 3.05) is 0 Å². The number of halogens is 2. The van der Waals surface area contributed by atoms with Crippen LogP contribution in [0.2, 0.25) is 10.0 Å². The molecule has 12 heavy (non-hydrogen) atoms. The third-order valence-corrected chi connectivity index (χ3v) is 2.00. The van der Waals surface area contributed by atoms with Crippen LogP contribution < -0.4 is 0 Å². The lowest BCUT2D eigenvalue weighted by molar-refractivity contribution is 0.101. The van der Waals surface area contributed by atoms with Gasteiger partial charge in [-0.15, -0.1) is 0 Å². The zero-order valence-corrected chi connectivity index (χ0v) is 7.78. The Balaban J connectivity index is 3.31. The van der Waals surface area contributed by atoms with E-state index in [1.54, 1.807) is 0 Å². The molecule has 0 radical (unpaired) electrons. The minimum atomic E-state index is -0.191. The van der Waals surface area contributed by atoms with Gasteiger partial charge in [0.05, 0.1) is 10.0 Å². The van der Waals surface area contributed by atoms with E-state index in [-0.39, 0.29) is 21.6 Å². The molecule has 1 aromatic rings. The molecule has 0 saturated heterocycles. The van der Waals surface area contributed by atoms with E-state index in [0.29, 0.717) is 5.56 Å². The summed E-state index contributed by atoms with van der Waals surface area (Å²) in [6.45, 7) is 1.40. The number of aromatic hydroxyl groups is 1.